The first-order valence-electron chi connectivity index (χ1n) is 7.53. The number of rotatable bonds is 3. The van der Waals surface area contributed by atoms with Gasteiger partial charge in [0.15, 0.2) is 0 Å². The van der Waals surface area contributed by atoms with Gasteiger partial charge in [0.2, 0.25) is 4.80 Å². The smallest absolute Gasteiger partial charge is 0.339 e. The van der Waals surface area contributed by atoms with Gasteiger partial charge in [-0.1, -0.05) is 23.2 Å². The molecular formula is C15H15Cl2N3O3S. The van der Waals surface area contributed by atoms with Crippen LogP contribution in [0.3, 0.4) is 0 Å². The van der Waals surface area contributed by atoms with E-state index < -0.39 is 5.97 Å². The Labute approximate surface area is 151 Å². The molecule has 9 heteroatoms. The molecular weight excluding hydrogens is 373 g/mol. The maximum absolute atomic E-state index is 12.0. The fourth-order valence-corrected chi connectivity index (χ4v) is 3.90. The Balaban J connectivity index is 2.12. The predicted octanol–water partition coefficient (Wildman–Crippen LogP) is 3.22. The fraction of sp³-hybridized carbons (Fsp3) is 0.400. The Bertz CT molecular complexity index is 914. The highest BCUT2D eigenvalue weighted by atomic mass is 35.5. The highest BCUT2D eigenvalue weighted by Crippen LogP contribution is 2.31. The molecule has 1 aliphatic heterocycles. The van der Waals surface area contributed by atoms with E-state index in [1.165, 1.54) is 12.1 Å². The molecule has 0 N–H and O–H groups in total. The van der Waals surface area contributed by atoms with Crippen LogP contribution in [0.15, 0.2) is 21.9 Å². The van der Waals surface area contributed by atoms with Crippen molar-refractivity contribution in [2.45, 2.75) is 32.9 Å². The maximum atomic E-state index is 12.0. The molecule has 1 aromatic heterocycles. The van der Waals surface area contributed by atoms with Gasteiger partial charge in [0, 0.05) is 13.1 Å². The van der Waals surface area contributed by atoms with E-state index in [0.29, 0.717) is 22.1 Å². The van der Waals surface area contributed by atoms with Crippen LogP contribution in [0.5, 0.6) is 0 Å². The number of aromatic nitrogens is 2. The summed E-state index contributed by atoms with van der Waals surface area (Å²) in [5, 5.41) is 0.515. The highest BCUT2D eigenvalue weighted by molar-refractivity contribution is 7.06. The van der Waals surface area contributed by atoms with E-state index in [-0.39, 0.29) is 22.1 Å². The lowest BCUT2D eigenvalue weighted by Gasteiger charge is -2.15. The minimum atomic E-state index is -0.532. The van der Waals surface area contributed by atoms with Gasteiger partial charge in [-0.15, -0.1) is 0 Å². The quantitative estimate of drug-likeness (QED) is 0.759. The lowest BCUT2D eigenvalue weighted by atomic mass is 10.2. The third-order valence-corrected chi connectivity index (χ3v) is 5.12. The number of ether oxygens (including phenoxy) is 1. The van der Waals surface area contributed by atoms with Crippen LogP contribution < -0.4 is 9.67 Å². The van der Waals surface area contributed by atoms with Gasteiger partial charge in [-0.2, -0.15) is 0 Å². The number of carbonyl (C=O) groups excluding carboxylic acids is 1. The topological polar surface area (TPSA) is 65.6 Å². The van der Waals surface area contributed by atoms with Gasteiger partial charge in [0.05, 0.1) is 27.9 Å². The minimum Gasteiger partial charge on any atom is -0.462 e. The van der Waals surface area contributed by atoms with Gasteiger partial charge in [-0.25, -0.2) is 14.5 Å². The van der Waals surface area contributed by atoms with Crippen molar-refractivity contribution in [3.63, 3.8) is 0 Å². The van der Waals surface area contributed by atoms with Crippen LogP contribution in [-0.2, 0) is 17.8 Å². The molecule has 0 aliphatic carbocycles. The SMILES string of the molecule is CCOC(=O)c1cc(N=c2sc(=O)n3n2CCCC3)c(Cl)cc1Cl. The van der Waals surface area contributed by atoms with Crippen molar-refractivity contribution in [1.29, 1.82) is 0 Å². The average molecular weight is 388 g/mol. The van der Waals surface area contributed by atoms with Gasteiger partial charge in [-0.3, -0.25) is 9.48 Å². The summed E-state index contributed by atoms with van der Waals surface area (Å²) in [4.78, 5) is 29.0. The Morgan fingerprint density at radius 3 is 2.67 bits per heavy atom. The van der Waals surface area contributed by atoms with Crippen LogP contribution in [0.25, 0.3) is 0 Å². The molecule has 6 nitrogen and oxygen atoms in total. The molecule has 2 heterocycles. The maximum Gasteiger partial charge on any atom is 0.339 e. The lowest BCUT2D eigenvalue weighted by Crippen LogP contribution is -2.31. The summed E-state index contributed by atoms with van der Waals surface area (Å²) in [7, 11) is 0. The number of hydrogen-bond donors (Lipinski definition) is 0. The largest absolute Gasteiger partial charge is 0.462 e. The van der Waals surface area contributed by atoms with Crippen LogP contribution in [0.1, 0.15) is 30.1 Å². The van der Waals surface area contributed by atoms with E-state index in [9.17, 15) is 9.59 Å². The van der Waals surface area contributed by atoms with Crippen LogP contribution in [-0.4, -0.2) is 21.9 Å². The van der Waals surface area contributed by atoms with Crippen molar-refractivity contribution in [3.8, 4) is 0 Å². The number of esters is 1. The van der Waals surface area contributed by atoms with Crippen molar-refractivity contribution < 1.29 is 9.53 Å². The summed E-state index contributed by atoms with van der Waals surface area (Å²) in [6.07, 6.45) is 1.97. The minimum absolute atomic E-state index is 0.0517. The second-order valence-corrected chi connectivity index (χ2v) is 6.95. The molecule has 0 amide bonds. The van der Waals surface area contributed by atoms with Crippen molar-refractivity contribution in [3.05, 3.63) is 42.2 Å². The number of nitrogens with zero attached hydrogens (tertiary/aromatic N) is 3. The Kier molecular flexibility index (Phi) is 5.12. The lowest BCUT2D eigenvalue weighted by molar-refractivity contribution is 0.0526. The highest BCUT2D eigenvalue weighted by Gasteiger charge is 2.17. The van der Waals surface area contributed by atoms with E-state index in [2.05, 4.69) is 4.99 Å². The normalized spacial score (nSPS) is 14.5. The van der Waals surface area contributed by atoms with E-state index in [0.717, 1.165) is 30.7 Å². The fourth-order valence-electron chi connectivity index (χ4n) is 2.51. The average Bonchev–Trinajstić information content (AvgIpc) is 2.87. The summed E-state index contributed by atoms with van der Waals surface area (Å²) in [6, 6.07) is 2.96. The summed E-state index contributed by atoms with van der Waals surface area (Å²) in [5.74, 6) is -0.532. The van der Waals surface area contributed by atoms with Gasteiger partial charge >= 0.3 is 10.8 Å². The van der Waals surface area contributed by atoms with Gasteiger partial charge in [0.25, 0.3) is 0 Å². The number of halogens is 2. The second kappa shape index (κ2) is 7.13. The number of hydrogen-bond acceptors (Lipinski definition) is 5. The third kappa shape index (κ3) is 3.29. The molecule has 0 saturated heterocycles. The van der Waals surface area contributed by atoms with Crippen LogP contribution in [0.2, 0.25) is 10.0 Å². The zero-order valence-corrected chi connectivity index (χ0v) is 15.2. The predicted molar refractivity (Wildman–Crippen MR) is 93.4 cm³/mol. The van der Waals surface area contributed by atoms with Gasteiger partial charge in [-0.05, 0) is 43.2 Å². The molecule has 2 aromatic rings. The first-order valence-corrected chi connectivity index (χ1v) is 9.10. The van der Waals surface area contributed by atoms with Crippen LogP contribution in [0.4, 0.5) is 5.69 Å². The van der Waals surface area contributed by atoms with E-state index >= 15 is 0 Å². The number of carbonyl (C=O) groups is 1. The first kappa shape index (κ1) is 17.3. The Morgan fingerprint density at radius 1 is 1.25 bits per heavy atom. The molecule has 0 bridgehead atoms. The molecule has 128 valence electrons. The molecule has 1 aromatic carbocycles. The second-order valence-electron chi connectivity index (χ2n) is 5.22. The summed E-state index contributed by atoms with van der Waals surface area (Å²) in [6.45, 7) is 3.38. The van der Waals surface area contributed by atoms with Gasteiger partial charge < -0.3 is 4.74 Å². The number of fused-ring (bicyclic) bond motifs is 1. The number of benzene rings is 1. The molecule has 0 radical (unpaired) electrons. The molecule has 0 saturated carbocycles. The molecule has 1 aliphatic rings. The van der Waals surface area contributed by atoms with E-state index in [4.69, 9.17) is 27.9 Å². The summed E-state index contributed by atoms with van der Waals surface area (Å²) >= 11 is 13.3. The Hall–Kier alpha value is -1.57. The van der Waals surface area contributed by atoms with Crippen molar-refractivity contribution >= 4 is 46.2 Å². The zero-order valence-electron chi connectivity index (χ0n) is 12.9. The molecule has 0 unspecified atom stereocenters. The first-order chi connectivity index (χ1) is 11.5. The zero-order chi connectivity index (χ0) is 17.3. The monoisotopic (exact) mass is 387 g/mol. The van der Waals surface area contributed by atoms with Crippen LogP contribution >= 0.6 is 34.5 Å². The van der Waals surface area contributed by atoms with Crippen molar-refractivity contribution in [2.24, 2.45) is 4.99 Å². The standard InChI is InChI=1S/C15H15Cl2N3O3S/c1-2-23-13(21)9-7-12(11(17)8-10(9)16)18-14-19-5-3-4-6-20(19)15(22)24-14/h7-8H,2-6H2,1H3. The van der Waals surface area contributed by atoms with Crippen molar-refractivity contribution in [2.75, 3.05) is 6.61 Å². The van der Waals surface area contributed by atoms with E-state index in [1.54, 1.807) is 11.6 Å². The summed E-state index contributed by atoms with van der Waals surface area (Å²) < 4.78 is 8.52. The summed E-state index contributed by atoms with van der Waals surface area (Å²) in [5.41, 5.74) is 0.582. The Morgan fingerprint density at radius 2 is 1.96 bits per heavy atom. The van der Waals surface area contributed by atoms with Gasteiger partial charge in [0.1, 0.15) is 0 Å². The molecule has 0 fully saturated rings. The molecule has 0 atom stereocenters. The van der Waals surface area contributed by atoms with E-state index in [1.807, 2.05) is 4.68 Å². The molecule has 24 heavy (non-hydrogen) atoms. The van der Waals surface area contributed by atoms with Crippen molar-refractivity contribution in [1.82, 2.24) is 9.36 Å². The molecule has 0 spiro atoms. The third-order valence-electron chi connectivity index (χ3n) is 3.64. The van der Waals surface area contributed by atoms with Crippen LogP contribution in [0, 0.1) is 0 Å². The molecule has 3 rings (SSSR count).